The number of nitrogens with two attached hydrogens (primary N) is 1. The Morgan fingerprint density at radius 3 is 2.35 bits per heavy atom. The van der Waals surface area contributed by atoms with Crippen LogP contribution in [0.15, 0.2) is 22.5 Å². The van der Waals surface area contributed by atoms with Crippen molar-refractivity contribution in [3.8, 4) is 0 Å². The van der Waals surface area contributed by atoms with E-state index in [1.165, 1.54) is 0 Å². The monoisotopic (exact) mass is 540 g/mol. The summed E-state index contributed by atoms with van der Waals surface area (Å²) >= 11 is 15.6. The van der Waals surface area contributed by atoms with Gasteiger partial charge in [0.15, 0.2) is 0 Å². The molecule has 0 aliphatic heterocycles. The molecule has 0 atom stereocenters. The molecule has 1 aromatic rings. The molecule has 0 aromatic heterocycles. The van der Waals surface area contributed by atoms with Crippen LogP contribution in [-0.4, -0.2) is 35.8 Å². The van der Waals surface area contributed by atoms with Gasteiger partial charge in [0.1, 0.15) is 5.69 Å². The summed E-state index contributed by atoms with van der Waals surface area (Å²) in [4.78, 5) is 11.5. The molecule has 0 unspecified atom stereocenters. The van der Waals surface area contributed by atoms with Gasteiger partial charge in [0, 0.05) is 18.9 Å². The highest BCUT2D eigenvalue weighted by Crippen LogP contribution is 2.29. The van der Waals surface area contributed by atoms with Crippen molar-refractivity contribution in [3.63, 3.8) is 0 Å². The number of nitrogens with zero attached hydrogens (tertiary/aromatic N) is 3. The topological polar surface area (TPSA) is 71.0 Å². The van der Waals surface area contributed by atoms with Gasteiger partial charge in [-0.1, -0.05) is 5.22 Å². The number of halogens is 4. The first kappa shape index (κ1) is 18.2. The van der Waals surface area contributed by atoms with Crippen molar-refractivity contribution in [3.05, 3.63) is 24.8 Å². The fourth-order valence-corrected chi connectivity index (χ4v) is 3.70. The summed E-state index contributed by atoms with van der Waals surface area (Å²) in [7, 11) is 0. The molecule has 0 spiro atoms. The first-order valence-corrected chi connectivity index (χ1v) is 8.79. The molecule has 0 bridgehead atoms. The van der Waals surface area contributed by atoms with Crippen LogP contribution >= 0.6 is 68.4 Å². The molecule has 1 amide bonds. The van der Waals surface area contributed by atoms with E-state index in [-0.39, 0.29) is 0 Å². The van der Waals surface area contributed by atoms with E-state index in [2.05, 4.69) is 55.5 Å². The summed E-state index contributed by atoms with van der Waals surface area (Å²) in [5, 5.41) is 9.86. The number of hydrogen-bond acceptors (Lipinski definition) is 3. The number of rotatable bonds is 7. The Morgan fingerprint density at radius 2 is 1.85 bits per heavy atom. The Morgan fingerprint density at radius 1 is 1.25 bits per heavy atom. The average molecular weight is 541 g/mol. The van der Waals surface area contributed by atoms with Gasteiger partial charge in [-0.05, 0) is 57.3 Å². The van der Waals surface area contributed by atoms with Gasteiger partial charge in [-0.3, -0.25) is 9.80 Å². The van der Waals surface area contributed by atoms with Crippen molar-refractivity contribution in [1.82, 2.24) is 5.01 Å². The van der Waals surface area contributed by atoms with Gasteiger partial charge in [0.2, 0.25) is 0 Å². The van der Waals surface area contributed by atoms with Crippen LogP contribution in [0.2, 0.25) is 0 Å². The molecule has 0 radical (unpaired) electrons. The molecule has 5 nitrogen and oxygen atoms in total. The number of benzene rings is 1. The molecular formula is C11H12Cl2I2N4O. The first-order valence-electron chi connectivity index (χ1n) is 5.57. The predicted molar refractivity (Wildman–Crippen MR) is 97.9 cm³/mol. The lowest BCUT2D eigenvalue weighted by molar-refractivity contribution is 0.100. The molecule has 0 saturated heterocycles. The molecule has 2 N–H and O–H groups in total. The van der Waals surface area contributed by atoms with Crippen molar-refractivity contribution >= 4 is 80.0 Å². The lowest BCUT2D eigenvalue weighted by atomic mass is 10.2. The Balaban J connectivity index is 3.09. The van der Waals surface area contributed by atoms with E-state index in [1.807, 2.05) is 6.07 Å². The third-order valence-corrected chi connectivity index (χ3v) is 4.03. The van der Waals surface area contributed by atoms with Crippen molar-refractivity contribution in [2.24, 2.45) is 16.1 Å². The minimum absolute atomic E-state index is 0.349. The zero-order chi connectivity index (χ0) is 15.1. The molecule has 0 saturated carbocycles. The second-order valence-electron chi connectivity index (χ2n) is 3.67. The smallest absolute Gasteiger partial charge is 0.251 e. The molecule has 110 valence electrons. The van der Waals surface area contributed by atoms with Crippen molar-refractivity contribution in [2.75, 3.05) is 24.8 Å². The van der Waals surface area contributed by atoms with Crippen LogP contribution in [-0.2, 0) is 0 Å². The summed E-state index contributed by atoms with van der Waals surface area (Å²) in [5.74, 6) is 0.307. The molecule has 0 aliphatic rings. The maximum atomic E-state index is 11.5. The van der Waals surface area contributed by atoms with Crippen molar-refractivity contribution in [1.29, 1.82) is 0 Å². The van der Waals surface area contributed by atoms with Gasteiger partial charge in [0.05, 0.1) is 18.7 Å². The highest BCUT2D eigenvalue weighted by atomic mass is 127. The minimum Gasteiger partial charge on any atom is -0.366 e. The van der Waals surface area contributed by atoms with E-state index < -0.39 is 5.91 Å². The van der Waals surface area contributed by atoms with Gasteiger partial charge in [0.25, 0.3) is 5.91 Å². The summed E-state index contributed by atoms with van der Waals surface area (Å²) in [6.07, 6.45) is 0. The summed E-state index contributed by atoms with van der Waals surface area (Å²) < 4.78 is 1.72. The standard InChI is InChI=1S/C11H12Cl2I2N4O/c12-1-3-19(4-2-13)18-17-10-8(11(16)20)5-7(14)6-9(10)15/h5-6H,1-4H2,(H2,16,20). The molecule has 0 aliphatic carbocycles. The van der Waals surface area contributed by atoms with E-state index in [4.69, 9.17) is 28.9 Å². The van der Waals surface area contributed by atoms with Crippen LogP contribution in [0, 0.1) is 7.14 Å². The van der Waals surface area contributed by atoms with E-state index in [0.29, 0.717) is 36.1 Å². The number of carbonyl (C=O) groups excluding carboxylic acids is 1. The zero-order valence-electron chi connectivity index (χ0n) is 10.3. The maximum Gasteiger partial charge on any atom is 0.251 e. The van der Waals surface area contributed by atoms with E-state index >= 15 is 0 Å². The fourth-order valence-electron chi connectivity index (χ4n) is 1.36. The SMILES string of the molecule is NC(=O)c1cc(I)cc(I)c1N=NN(CCCl)CCCl. The lowest BCUT2D eigenvalue weighted by Gasteiger charge is -2.14. The molecule has 9 heteroatoms. The van der Waals surface area contributed by atoms with Crippen LogP contribution in [0.3, 0.4) is 0 Å². The second-order valence-corrected chi connectivity index (χ2v) is 6.83. The quantitative estimate of drug-likeness (QED) is 0.247. The summed E-state index contributed by atoms with van der Waals surface area (Å²) in [6, 6.07) is 3.59. The average Bonchev–Trinajstić information content (AvgIpc) is 2.37. The molecule has 1 aromatic carbocycles. The van der Waals surface area contributed by atoms with Gasteiger partial charge < -0.3 is 5.73 Å². The molecule has 1 rings (SSSR count). The molecule has 20 heavy (non-hydrogen) atoms. The van der Waals surface area contributed by atoms with Crippen LogP contribution in [0.4, 0.5) is 5.69 Å². The molecular weight excluding hydrogens is 529 g/mol. The number of amides is 1. The number of carbonyl (C=O) groups is 1. The third kappa shape index (κ3) is 5.49. The second kappa shape index (κ2) is 9.21. The Labute approximate surface area is 154 Å². The Kier molecular flexibility index (Phi) is 8.37. The predicted octanol–water partition coefficient (Wildman–Crippen LogP) is 3.77. The number of primary amides is 1. The van der Waals surface area contributed by atoms with Gasteiger partial charge in [-0.2, -0.15) is 0 Å². The Bertz CT molecular complexity index is 507. The molecule has 0 heterocycles. The minimum atomic E-state index is -0.531. The van der Waals surface area contributed by atoms with Gasteiger partial charge in [-0.15, -0.1) is 28.3 Å². The molecule has 0 fully saturated rings. The summed E-state index contributed by atoms with van der Waals surface area (Å²) in [5.41, 5.74) is 6.19. The van der Waals surface area contributed by atoms with Gasteiger partial charge in [-0.25, -0.2) is 0 Å². The van der Waals surface area contributed by atoms with Crippen LogP contribution in [0.25, 0.3) is 0 Å². The van der Waals surface area contributed by atoms with E-state index in [9.17, 15) is 4.79 Å². The zero-order valence-corrected chi connectivity index (χ0v) is 16.1. The van der Waals surface area contributed by atoms with Crippen LogP contribution < -0.4 is 5.73 Å². The highest BCUT2D eigenvalue weighted by molar-refractivity contribution is 14.1. The van der Waals surface area contributed by atoms with E-state index in [1.54, 1.807) is 11.1 Å². The fraction of sp³-hybridized carbons (Fsp3) is 0.364. The Hall–Kier alpha value is 0.130. The maximum absolute atomic E-state index is 11.5. The highest BCUT2D eigenvalue weighted by Gasteiger charge is 2.13. The van der Waals surface area contributed by atoms with Gasteiger partial charge >= 0.3 is 0 Å². The third-order valence-electron chi connectivity index (χ3n) is 2.25. The number of hydrogen-bond donors (Lipinski definition) is 1. The normalized spacial score (nSPS) is 11.0. The first-order chi connectivity index (χ1) is 9.49. The van der Waals surface area contributed by atoms with Crippen LogP contribution in [0.5, 0.6) is 0 Å². The number of alkyl halides is 2. The van der Waals surface area contributed by atoms with Crippen molar-refractivity contribution < 1.29 is 4.79 Å². The van der Waals surface area contributed by atoms with Crippen molar-refractivity contribution in [2.45, 2.75) is 0 Å². The van der Waals surface area contributed by atoms with Crippen LogP contribution in [0.1, 0.15) is 10.4 Å². The largest absolute Gasteiger partial charge is 0.366 e. The lowest BCUT2D eigenvalue weighted by Crippen LogP contribution is -2.21. The summed E-state index contributed by atoms with van der Waals surface area (Å²) in [6.45, 7) is 1.06. The van der Waals surface area contributed by atoms with E-state index in [0.717, 1.165) is 7.14 Å².